The molecule has 8 nitrogen and oxygen atoms in total. The molecule has 22 heavy (non-hydrogen) atoms. The average molecular weight is 349 g/mol. The maximum Gasteiger partial charge on any atom is 0.354 e. The molecule has 0 unspecified atom stereocenters. The SMILES string of the molecule is COC(=O)/C=C(/Nc1cc(Cl)c(Cl)cc1[N+](=O)[O-])C(=O)OC. The van der Waals surface area contributed by atoms with Crippen molar-refractivity contribution in [3.8, 4) is 0 Å². The van der Waals surface area contributed by atoms with Crippen molar-refractivity contribution in [2.24, 2.45) is 0 Å². The summed E-state index contributed by atoms with van der Waals surface area (Å²) in [5.41, 5.74) is -0.940. The monoisotopic (exact) mass is 348 g/mol. The molecule has 0 atom stereocenters. The van der Waals surface area contributed by atoms with Crippen LogP contribution in [0.1, 0.15) is 0 Å². The molecule has 118 valence electrons. The van der Waals surface area contributed by atoms with Crippen LogP contribution in [-0.4, -0.2) is 31.1 Å². The van der Waals surface area contributed by atoms with Gasteiger partial charge in [-0.1, -0.05) is 23.2 Å². The first kappa shape index (κ1) is 17.7. The highest BCUT2D eigenvalue weighted by Crippen LogP contribution is 2.34. The fourth-order valence-corrected chi connectivity index (χ4v) is 1.69. The molecule has 0 bridgehead atoms. The van der Waals surface area contributed by atoms with Crippen LogP contribution in [0.15, 0.2) is 23.9 Å². The van der Waals surface area contributed by atoms with Gasteiger partial charge in [0.05, 0.1) is 35.3 Å². The van der Waals surface area contributed by atoms with Crippen molar-refractivity contribution in [2.45, 2.75) is 0 Å². The normalized spacial score (nSPS) is 10.8. The smallest absolute Gasteiger partial charge is 0.354 e. The van der Waals surface area contributed by atoms with E-state index in [0.717, 1.165) is 32.4 Å². The third-order valence-corrected chi connectivity index (χ3v) is 3.10. The molecule has 1 rings (SSSR count). The summed E-state index contributed by atoms with van der Waals surface area (Å²) in [4.78, 5) is 33.2. The van der Waals surface area contributed by atoms with E-state index >= 15 is 0 Å². The molecule has 0 amide bonds. The van der Waals surface area contributed by atoms with Gasteiger partial charge < -0.3 is 14.8 Å². The number of rotatable bonds is 5. The van der Waals surface area contributed by atoms with Crippen LogP contribution in [0.4, 0.5) is 11.4 Å². The van der Waals surface area contributed by atoms with Gasteiger partial charge in [0.25, 0.3) is 5.69 Å². The summed E-state index contributed by atoms with van der Waals surface area (Å²) < 4.78 is 8.87. The highest BCUT2D eigenvalue weighted by molar-refractivity contribution is 6.42. The zero-order chi connectivity index (χ0) is 16.9. The second-order valence-corrected chi connectivity index (χ2v) is 4.55. The average Bonchev–Trinajstić information content (AvgIpc) is 2.48. The maximum atomic E-state index is 11.6. The van der Waals surface area contributed by atoms with E-state index in [1.54, 1.807) is 0 Å². The number of nitrogens with zero attached hydrogens (tertiary/aromatic N) is 1. The molecular formula is C12H10Cl2N2O6. The largest absolute Gasteiger partial charge is 0.466 e. The van der Waals surface area contributed by atoms with Crippen molar-refractivity contribution in [1.29, 1.82) is 0 Å². The summed E-state index contributed by atoms with van der Waals surface area (Å²) in [7, 11) is 2.19. The van der Waals surface area contributed by atoms with E-state index in [9.17, 15) is 19.7 Å². The quantitative estimate of drug-likeness (QED) is 0.377. The number of hydrogen-bond donors (Lipinski definition) is 1. The second-order valence-electron chi connectivity index (χ2n) is 3.74. The number of nitro groups is 1. The van der Waals surface area contributed by atoms with Gasteiger partial charge in [0.15, 0.2) is 0 Å². The molecule has 0 aliphatic carbocycles. The zero-order valence-electron chi connectivity index (χ0n) is 11.4. The lowest BCUT2D eigenvalue weighted by atomic mass is 10.2. The summed E-state index contributed by atoms with van der Waals surface area (Å²) in [5.74, 6) is -1.78. The van der Waals surface area contributed by atoms with Crippen molar-refractivity contribution in [3.63, 3.8) is 0 Å². The molecule has 1 aromatic carbocycles. The Bertz CT molecular complexity index is 659. The lowest BCUT2D eigenvalue weighted by Gasteiger charge is -2.10. The lowest BCUT2D eigenvalue weighted by molar-refractivity contribution is -0.383. The lowest BCUT2D eigenvalue weighted by Crippen LogP contribution is -2.16. The number of ether oxygens (including phenoxy) is 2. The minimum atomic E-state index is -0.925. The maximum absolute atomic E-state index is 11.6. The number of nitro benzene ring substituents is 1. The first-order valence-electron chi connectivity index (χ1n) is 5.58. The highest BCUT2D eigenvalue weighted by atomic mass is 35.5. The van der Waals surface area contributed by atoms with Crippen LogP contribution in [0.25, 0.3) is 0 Å². The molecule has 0 saturated carbocycles. The Morgan fingerprint density at radius 3 is 2.32 bits per heavy atom. The number of carbonyl (C=O) groups excluding carboxylic acids is 2. The van der Waals surface area contributed by atoms with Crippen LogP contribution in [0.2, 0.25) is 10.0 Å². The minimum absolute atomic E-state index is 0.0250. The van der Waals surface area contributed by atoms with Crippen molar-refractivity contribution in [1.82, 2.24) is 0 Å². The van der Waals surface area contributed by atoms with E-state index in [-0.39, 0.29) is 21.4 Å². The standard InChI is InChI=1S/C12H10Cl2N2O6/c1-21-11(17)5-9(12(18)22-2)15-8-3-6(13)7(14)4-10(8)16(19)20/h3-5,15H,1-2H3/b9-5+. The Balaban J connectivity index is 3.32. The van der Waals surface area contributed by atoms with E-state index in [1.165, 1.54) is 0 Å². The van der Waals surface area contributed by atoms with Crippen LogP contribution in [0, 0.1) is 10.1 Å². The number of hydrogen-bond acceptors (Lipinski definition) is 7. The van der Waals surface area contributed by atoms with Gasteiger partial charge in [0.1, 0.15) is 11.4 Å². The Morgan fingerprint density at radius 2 is 1.82 bits per heavy atom. The van der Waals surface area contributed by atoms with Gasteiger partial charge in [-0.25, -0.2) is 9.59 Å². The third-order valence-electron chi connectivity index (χ3n) is 2.37. The predicted molar refractivity (Wildman–Crippen MR) is 78.9 cm³/mol. The van der Waals surface area contributed by atoms with Gasteiger partial charge in [0.2, 0.25) is 0 Å². The highest BCUT2D eigenvalue weighted by Gasteiger charge is 2.21. The van der Waals surface area contributed by atoms with Crippen LogP contribution in [-0.2, 0) is 19.1 Å². The Labute approximate surface area is 134 Å². The number of halogens is 2. The number of anilines is 1. The van der Waals surface area contributed by atoms with Gasteiger partial charge in [-0.05, 0) is 6.07 Å². The first-order valence-corrected chi connectivity index (χ1v) is 6.34. The van der Waals surface area contributed by atoms with Crippen molar-refractivity contribution in [3.05, 3.63) is 44.1 Å². The fourth-order valence-electron chi connectivity index (χ4n) is 1.37. The molecule has 0 heterocycles. The molecule has 0 saturated heterocycles. The molecule has 1 aromatic rings. The molecule has 0 spiro atoms. The van der Waals surface area contributed by atoms with Gasteiger partial charge in [0, 0.05) is 6.07 Å². The zero-order valence-corrected chi connectivity index (χ0v) is 12.9. The van der Waals surface area contributed by atoms with E-state index in [2.05, 4.69) is 14.8 Å². The van der Waals surface area contributed by atoms with E-state index in [1.807, 2.05) is 0 Å². The third kappa shape index (κ3) is 4.34. The van der Waals surface area contributed by atoms with Gasteiger partial charge in [-0.2, -0.15) is 0 Å². The van der Waals surface area contributed by atoms with Crippen LogP contribution in [0.3, 0.4) is 0 Å². The molecule has 10 heteroatoms. The summed E-state index contributed by atoms with van der Waals surface area (Å²) in [6.07, 6.45) is 0.790. The predicted octanol–water partition coefficient (Wildman–Crippen LogP) is 2.54. The molecular weight excluding hydrogens is 339 g/mol. The Hall–Kier alpha value is -2.32. The number of carbonyl (C=O) groups is 2. The first-order chi connectivity index (χ1) is 10.3. The van der Waals surface area contributed by atoms with Crippen molar-refractivity contribution < 1.29 is 24.0 Å². The van der Waals surface area contributed by atoms with E-state index in [0.29, 0.717) is 0 Å². The summed E-state index contributed by atoms with van der Waals surface area (Å²) in [5, 5.41) is 13.4. The van der Waals surface area contributed by atoms with Crippen LogP contribution < -0.4 is 5.32 Å². The van der Waals surface area contributed by atoms with E-state index in [4.69, 9.17) is 23.2 Å². The minimum Gasteiger partial charge on any atom is -0.466 e. The summed E-state index contributed by atoms with van der Waals surface area (Å²) >= 11 is 11.5. The van der Waals surface area contributed by atoms with Gasteiger partial charge in [-0.3, -0.25) is 10.1 Å². The van der Waals surface area contributed by atoms with Crippen LogP contribution >= 0.6 is 23.2 Å². The van der Waals surface area contributed by atoms with E-state index < -0.39 is 22.5 Å². The summed E-state index contributed by atoms with van der Waals surface area (Å²) in [6, 6.07) is 2.16. The molecule has 0 aliphatic heterocycles. The van der Waals surface area contributed by atoms with Crippen molar-refractivity contribution >= 4 is 46.5 Å². The summed E-state index contributed by atoms with van der Waals surface area (Å²) in [6.45, 7) is 0. The Kier molecular flexibility index (Phi) is 6.14. The topological polar surface area (TPSA) is 108 Å². The number of methoxy groups -OCH3 is 2. The molecule has 0 fully saturated rings. The molecule has 0 aromatic heterocycles. The molecule has 1 N–H and O–H groups in total. The molecule has 0 aliphatic rings. The van der Waals surface area contributed by atoms with Crippen LogP contribution in [0.5, 0.6) is 0 Å². The molecule has 0 radical (unpaired) electrons. The number of esters is 2. The van der Waals surface area contributed by atoms with Crippen molar-refractivity contribution in [2.75, 3.05) is 19.5 Å². The Morgan fingerprint density at radius 1 is 1.23 bits per heavy atom. The number of benzene rings is 1. The number of nitrogens with one attached hydrogen (secondary N) is 1. The van der Waals surface area contributed by atoms with Gasteiger partial charge >= 0.3 is 11.9 Å². The fraction of sp³-hybridized carbons (Fsp3) is 0.167. The second kappa shape index (κ2) is 7.62. The van der Waals surface area contributed by atoms with Gasteiger partial charge in [-0.15, -0.1) is 0 Å².